The van der Waals surface area contributed by atoms with Crippen LogP contribution in [0, 0.1) is 0 Å². The molecule has 0 bridgehead atoms. The van der Waals surface area contributed by atoms with Crippen molar-refractivity contribution in [3.63, 3.8) is 0 Å². The van der Waals surface area contributed by atoms with Gasteiger partial charge in [0.2, 0.25) is 6.41 Å². The van der Waals surface area contributed by atoms with Crippen LogP contribution in [0.15, 0.2) is 18.3 Å². The Labute approximate surface area is 103 Å². The van der Waals surface area contributed by atoms with Gasteiger partial charge in [0.25, 0.3) is 0 Å². The molecule has 0 atom stereocenters. The number of aromatic nitrogens is 1. The van der Waals surface area contributed by atoms with Crippen molar-refractivity contribution in [2.24, 2.45) is 0 Å². The van der Waals surface area contributed by atoms with Gasteiger partial charge in [-0.15, -0.1) is 0 Å². The molecule has 18 heavy (non-hydrogen) atoms. The number of pyridine rings is 1. The number of nitrogens with zero attached hydrogens (tertiary/aromatic N) is 2. The number of carbonyl (C=O) groups excluding carboxylic acids is 1. The summed E-state index contributed by atoms with van der Waals surface area (Å²) in [5.74, 6) is 0.0744. The number of amides is 1. The highest BCUT2D eigenvalue weighted by molar-refractivity contribution is 5.47. The first-order valence-electron chi connectivity index (χ1n) is 5.73. The minimum absolute atomic E-state index is 0.0744. The largest absolute Gasteiger partial charge is 0.433 e. The lowest BCUT2D eigenvalue weighted by atomic mass is 9.90. The molecule has 0 aromatic carbocycles. The summed E-state index contributed by atoms with van der Waals surface area (Å²) in [7, 11) is 0. The minimum atomic E-state index is -4.40. The van der Waals surface area contributed by atoms with Gasteiger partial charge < -0.3 is 4.90 Å². The van der Waals surface area contributed by atoms with Crippen molar-refractivity contribution < 1.29 is 18.0 Å². The zero-order valence-electron chi connectivity index (χ0n) is 9.65. The van der Waals surface area contributed by atoms with Gasteiger partial charge >= 0.3 is 6.18 Å². The molecule has 6 heteroatoms. The van der Waals surface area contributed by atoms with Gasteiger partial charge in [0.1, 0.15) is 5.69 Å². The molecule has 1 aliphatic rings. The van der Waals surface area contributed by atoms with Crippen LogP contribution in [0.25, 0.3) is 0 Å². The third kappa shape index (κ3) is 2.80. The number of hydrogen-bond acceptors (Lipinski definition) is 2. The average Bonchev–Trinajstić information content (AvgIpc) is 2.38. The van der Waals surface area contributed by atoms with E-state index in [0.29, 0.717) is 31.5 Å². The SMILES string of the molecule is O=CN1CCC(c2ccnc(C(F)(F)F)c2)CC1. The molecule has 1 aliphatic heterocycles. The molecule has 1 fully saturated rings. The van der Waals surface area contributed by atoms with Gasteiger partial charge in [0.05, 0.1) is 0 Å². The second kappa shape index (κ2) is 4.96. The maximum absolute atomic E-state index is 12.5. The molecule has 98 valence electrons. The fraction of sp³-hybridized carbons (Fsp3) is 0.500. The number of rotatable bonds is 2. The summed E-state index contributed by atoms with van der Waals surface area (Å²) in [6.45, 7) is 1.19. The Bertz CT molecular complexity index is 426. The zero-order chi connectivity index (χ0) is 13.2. The second-order valence-electron chi connectivity index (χ2n) is 4.39. The van der Waals surface area contributed by atoms with E-state index in [1.54, 1.807) is 11.0 Å². The topological polar surface area (TPSA) is 33.2 Å². The highest BCUT2D eigenvalue weighted by Crippen LogP contribution is 2.32. The van der Waals surface area contributed by atoms with E-state index in [4.69, 9.17) is 0 Å². The Balaban J connectivity index is 2.12. The number of halogens is 3. The van der Waals surface area contributed by atoms with E-state index in [1.165, 1.54) is 6.20 Å². The molecular formula is C12H13F3N2O. The van der Waals surface area contributed by atoms with Crippen LogP contribution in [-0.4, -0.2) is 29.4 Å². The number of hydrogen-bond donors (Lipinski definition) is 0. The third-order valence-electron chi connectivity index (χ3n) is 3.22. The molecule has 0 aliphatic carbocycles. The first kappa shape index (κ1) is 12.9. The van der Waals surface area contributed by atoms with Gasteiger partial charge in [-0.05, 0) is 36.5 Å². The van der Waals surface area contributed by atoms with Gasteiger partial charge in [-0.25, -0.2) is 0 Å². The van der Waals surface area contributed by atoms with Crippen LogP contribution in [0.4, 0.5) is 13.2 Å². The number of likely N-dealkylation sites (tertiary alicyclic amines) is 1. The highest BCUT2D eigenvalue weighted by atomic mass is 19.4. The van der Waals surface area contributed by atoms with Crippen LogP contribution in [-0.2, 0) is 11.0 Å². The molecule has 0 spiro atoms. The van der Waals surface area contributed by atoms with Crippen molar-refractivity contribution in [2.45, 2.75) is 24.9 Å². The van der Waals surface area contributed by atoms with E-state index < -0.39 is 11.9 Å². The Morgan fingerprint density at radius 1 is 1.33 bits per heavy atom. The monoisotopic (exact) mass is 258 g/mol. The van der Waals surface area contributed by atoms with E-state index in [2.05, 4.69) is 4.98 Å². The van der Waals surface area contributed by atoms with Crippen molar-refractivity contribution in [2.75, 3.05) is 13.1 Å². The molecule has 0 N–H and O–H groups in total. The molecule has 2 rings (SSSR count). The van der Waals surface area contributed by atoms with E-state index in [-0.39, 0.29) is 5.92 Å². The lowest BCUT2D eigenvalue weighted by Gasteiger charge is -2.29. The maximum Gasteiger partial charge on any atom is 0.433 e. The number of alkyl halides is 3. The van der Waals surface area contributed by atoms with Gasteiger partial charge in [0, 0.05) is 19.3 Å². The Hall–Kier alpha value is -1.59. The molecular weight excluding hydrogens is 245 g/mol. The Morgan fingerprint density at radius 2 is 2.00 bits per heavy atom. The predicted molar refractivity (Wildman–Crippen MR) is 58.9 cm³/mol. The van der Waals surface area contributed by atoms with E-state index in [9.17, 15) is 18.0 Å². The van der Waals surface area contributed by atoms with Crippen molar-refractivity contribution in [1.82, 2.24) is 9.88 Å². The van der Waals surface area contributed by atoms with Crippen LogP contribution in [0.5, 0.6) is 0 Å². The summed E-state index contributed by atoms with van der Waals surface area (Å²) in [6.07, 6.45) is -1.03. The summed E-state index contributed by atoms with van der Waals surface area (Å²) in [5.41, 5.74) is -0.194. The fourth-order valence-corrected chi connectivity index (χ4v) is 2.19. The first-order valence-corrected chi connectivity index (χ1v) is 5.73. The van der Waals surface area contributed by atoms with Crippen LogP contribution < -0.4 is 0 Å². The van der Waals surface area contributed by atoms with Crippen molar-refractivity contribution in [1.29, 1.82) is 0 Å². The fourth-order valence-electron chi connectivity index (χ4n) is 2.19. The molecule has 1 saturated heterocycles. The summed E-state index contributed by atoms with van der Waals surface area (Å²) in [6, 6.07) is 2.73. The van der Waals surface area contributed by atoms with Gasteiger partial charge in [-0.2, -0.15) is 13.2 Å². The Kier molecular flexibility index (Phi) is 3.54. The normalized spacial score (nSPS) is 17.8. The number of piperidine rings is 1. The molecule has 1 aromatic rings. The van der Waals surface area contributed by atoms with Crippen molar-refractivity contribution >= 4 is 6.41 Å². The first-order chi connectivity index (χ1) is 8.50. The smallest absolute Gasteiger partial charge is 0.345 e. The lowest BCUT2D eigenvalue weighted by molar-refractivity contribution is -0.141. The molecule has 0 unspecified atom stereocenters. The summed E-state index contributed by atoms with van der Waals surface area (Å²) < 4.78 is 37.6. The molecule has 1 amide bonds. The summed E-state index contributed by atoms with van der Waals surface area (Å²) in [4.78, 5) is 15.5. The maximum atomic E-state index is 12.5. The molecule has 0 saturated carbocycles. The second-order valence-corrected chi connectivity index (χ2v) is 4.39. The van der Waals surface area contributed by atoms with Crippen LogP contribution >= 0.6 is 0 Å². The van der Waals surface area contributed by atoms with Crippen molar-refractivity contribution in [3.05, 3.63) is 29.6 Å². The molecule has 0 radical (unpaired) electrons. The molecule has 1 aromatic heterocycles. The molecule has 3 nitrogen and oxygen atoms in total. The third-order valence-corrected chi connectivity index (χ3v) is 3.22. The standard InChI is InChI=1S/C12H13F3N2O/c13-12(14,15)11-7-10(1-4-16-11)9-2-5-17(8-18)6-3-9/h1,4,7-9H,2-3,5-6H2. The predicted octanol–water partition coefficient (Wildman–Crippen LogP) is 2.44. The van der Waals surface area contributed by atoms with Gasteiger partial charge in [0.15, 0.2) is 0 Å². The van der Waals surface area contributed by atoms with E-state index in [1.807, 2.05) is 0 Å². The lowest BCUT2D eigenvalue weighted by Crippen LogP contribution is -2.31. The van der Waals surface area contributed by atoms with Crippen molar-refractivity contribution in [3.8, 4) is 0 Å². The van der Waals surface area contributed by atoms with Gasteiger partial charge in [-0.3, -0.25) is 9.78 Å². The summed E-state index contributed by atoms with van der Waals surface area (Å²) >= 11 is 0. The van der Waals surface area contributed by atoms with Gasteiger partial charge in [-0.1, -0.05) is 0 Å². The minimum Gasteiger partial charge on any atom is -0.345 e. The summed E-state index contributed by atoms with van der Waals surface area (Å²) in [5, 5.41) is 0. The average molecular weight is 258 g/mol. The highest BCUT2D eigenvalue weighted by Gasteiger charge is 2.33. The zero-order valence-corrected chi connectivity index (χ0v) is 9.65. The van der Waals surface area contributed by atoms with E-state index >= 15 is 0 Å². The Morgan fingerprint density at radius 3 is 2.56 bits per heavy atom. The van der Waals surface area contributed by atoms with Crippen LogP contribution in [0.1, 0.15) is 30.0 Å². The molecule has 2 heterocycles. The number of carbonyl (C=O) groups is 1. The quantitative estimate of drug-likeness (QED) is 0.763. The van der Waals surface area contributed by atoms with Crippen LogP contribution in [0.3, 0.4) is 0 Å². The van der Waals surface area contributed by atoms with E-state index in [0.717, 1.165) is 12.5 Å². The van der Waals surface area contributed by atoms with Crippen LogP contribution in [0.2, 0.25) is 0 Å².